The molecular weight excluding hydrogens is 300 g/mol. The van der Waals surface area contributed by atoms with Gasteiger partial charge in [0.1, 0.15) is 6.10 Å². The molecule has 0 aromatic heterocycles. The molecule has 0 aliphatic heterocycles. The predicted molar refractivity (Wildman–Crippen MR) is 72.1 cm³/mol. The normalized spacial score (nSPS) is 35.3. The van der Waals surface area contributed by atoms with Gasteiger partial charge in [0.25, 0.3) is 0 Å². The van der Waals surface area contributed by atoms with Crippen LogP contribution in [0.1, 0.15) is 19.8 Å². The van der Waals surface area contributed by atoms with Crippen molar-refractivity contribution in [1.82, 2.24) is 0 Å². The molecule has 2 rings (SSSR count). The molecule has 0 saturated heterocycles. The van der Waals surface area contributed by atoms with Gasteiger partial charge in [0.15, 0.2) is 0 Å². The van der Waals surface area contributed by atoms with Crippen LogP contribution in [0.3, 0.4) is 0 Å². The van der Waals surface area contributed by atoms with Gasteiger partial charge in [0.05, 0.1) is 19.1 Å². The smallest absolute Gasteiger partial charge is 0.333 e. The molecule has 7 nitrogen and oxygen atoms in total. The van der Waals surface area contributed by atoms with Crippen molar-refractivity contribution in [3.63, 3.8) is 0 Å². The number of hydrogen-bond acceptors (Lipinski definition) is 6. The van der Waals surface area contributed by atoms with Crippen molar-refractivity contribution < 1.29 is 32.0 Å². The van der Waals surface area contributed by atoms with Crippen LogP contribution in [0.4, 0.5) is 0 Å². The van der Waals surface area contributed by atoms with Crippen LogP contribution in [-0.2, 0) is 34.6 Å². The van der Waals surface area contributed by atoms with E-state index in [0.717, 1.165) is 0 Å². The number of fused-ring (bicyclic) bond motifs is 2. The van der Waals surface area contributed by atoms with Crippen molar-refractivity contribution in [3.05, 3.63) is 12.2 Å². The van der Waals surface area contributed by atoms with E-state index in [1.807, 2.05) is 0 Å². The van der Waals surface area contributed by atoms with Crippen LogP contribution in [0.25, 0.3) is 0 Å². The highest BCUT2D eigenvalue weighted by Crippen LogP contribution is 2.51. The average molecular weight is 318 g/mol. The first-order valence-corrected chi connectivity index (χ1v) is 7.60. The summed E-state index contributed by atoms with van der Waals surface area (Å²) >= 11 is -2.46. The zero-order chi connectivity index (χ0) is 15.7. The fraction of sp³-hybridized carbons (Fsp3) is 0.692. The molecule has 0 aromatic carbocycles. The Labute approximate surface area is 125 Å². The Morgan fingerprint density at radius 1 is 1.33 bits per heavy atom. The predicted octanol–water partition coefficient (Wildman–Crippen LogP) is 0.825. The van der Waals surface area contributed by atoms with Gasteiger partial charge in [-0.15, -0.1) is 0 Å². The summed E-state index contributed by atoms with van der Waals surface area (Å²) in [6.45, 7) is 5.07. The molecule has 2 aliphatic rings. The molecule has 2 aliphatic carbocycles. The molecule has 0 radical (unpaired) electrons. The van der Waals surface area contributed by atoms with E-state index in [2.05, 4.69) is 6.58 Å². The molecule has 2 fully saturated rings. The second-order valence-electron chi connectivity index (χ2n) is 5.45. The quantitative estimate of drug-likeness (QED) is 0.455. The molecule has 8 heteroatoms. The Hall–Kier alpha value is -1.25. The molecule has 0 amide bonds. The molecule has 2 saturated carbocycles. The number of hydrogen-bond donors (Lipinski definition) is 1. The minimum atomic E-state index is -2.46. The van der Waals surface area contributed by atoms with Crippen LogP contribution in [0.15, 0.2) is 12.2 Å². The number of rotatable bonds is 5. The largest absolute Gasteiger partial charge is 0.469 e. The molecule has 6 atom stereocenters. The number of carbonyl (C=O) groups is 2. The summed E-state index contributed by atoms with van der Waals surface area (Å²) in [6.07, 6.45) is -0.0159. The Balaban J connectivity index is 2.14. The molecule has 21 heavy (non-hydrogen) atoms. The molecular formula is C13H18O7S. The molecule has 2 bridgehead atoms. The van der Waals surface area contributed by atoms with Crippen molar-refractivity contribution in [1.29, 1.82) is 0 Å². The highest BCUT2D eigenvalue weighted by atomic mass is 32.2. The second-order valence-corrected chi connectivity index (χ2v) is 6.07. The monoisotopic (exact) mass is 318 g/mol. The standard InChI is InChI=1S/C13H18O7S/c1-6(2)12(14)19-9-5-7-4-8(9)10(13(15)18-3)11(7)20-21(16)17/h7-11H,1,4-5H2,2-3H3,(H,16,17). The molecule has 1 N–H and O–H groups in total. The average Bonchev–Trinajstić information content (AvgIpc) is 2.94. The van der Waals surface area contributed by atoms with Gasteiger partial charge in [0, 0.05) is 11.5 Å². The third kappa shape index (κ3) is 3.17. The number of methoxy groups -OCH3 is 1. The van der Waals surface area contributed by atoms with E-state index in [1.54, 1.807) is 6.92 Å². The first kappa shape index (κ1) is 16.1. The SMILES string of the molecule is C=C(C)C(=O)OC1CC2CC1C(C(=O)OC)C2OS(=O)O. The third-order valence-electron chi connectivity index (χ3n) is 4.14. The van der Waals surface area contributed by atoms with E-state index in [1.165, 1.54) is 7.11 Å². The maximum Gasteiger partial charge on any atom is 0.333 e. The summed E-state index contributed by atoms with van der Waals surface area (Å²) in [5.74, 6) is -2.10. The van der Waals surface area contributed by atoms with Gasteiger partial charge in [-0.05, 0) is 25.7 Å². The van der Waals surface area contributed by atoms with Crippen molar-refractivity contribution in [3.8, 4) is 0 Å². The van der Waals surface area contributed by atoms with E-state index in [4.69, 9.17) is 18.2 Å². The van der Waals surface area contributed by atoms with Crippen molar-refractivity contribution in [2.75, 3.05) is 7.11 Å². The lowest BCUT2D eigenvalue weighted by Gasteiger charge is -2.32. The lowest BCUT2D eigenvalue weighted by Crippen LogP contribution is -2.43. The lowest BCUT2D eigenvalue weighted by atomic mass is 9.84. The Morgan fingerprint density at radius 2 is 2.00 bits per heavy atom. The molecule has 0 aromatic rings. The summed E-state index contributed by atoms with van der Waals surface area (Å²) in [6, 6.07) is 0. The maximum absolute atomic E-state index is 11.9. The summed E-state index contributed by atoms with van der Waals surface area (Å²) < 4.78 is 34.8. The van der Waals surface area contributed by atoms with Gasteiger partial charge in [-0.1, -0.05) is 6.58 Å². The number of carbonyl (C=O) groups excluding carboxylic acids is 2. The van der Waals surface area contributed by atoms with Crippen LogP contribution in [-0.4, -0.2) is 40.0 Å². The van der Waals surface area contributed by atoms with Crippen molar-refractivity contribution >= 4 is 23.3 Å². The zero-order valence-corrected chi connectivity index (χ0v) is 12.6. The van der Waals surface area contributed by atoms with Crippen LogP contribution in [0.5, 0.6) is 0 Å². The van der Waals surface area contributed by atoms with Gasteiger partial charge in [-0.25, -0.2) is 4.79 Å². The summed E-state index contributed by atoms with van der Waals surface area (Å²) in [5.41, 5.74) is 0.289. The first-order chi connectivity index (χ1) is 9.85. The fourth-order valence-corrected chi connectivity index (χ4v) is 3.77. The minimum absolute atomic E-state index is 0.113. The van der Waals surface area contributed by atoms with Crippen LogP contribution < -0.4 is 0 Å². The molecule has 0 spiro atoms. The fourth-order valence-electron chi connectivity index (χ4n) is 3.31. The lowest BCUT2D eigenvalue weighted by molar-refractivity contribution is -0.161. The molecule has 118 valence electrons. The zero-order valence-electron chi connectivity index (χ0n) is 11.8. The minimum Gasteiger partial charge on any atom is -0.469 e. The van der Waals surface area contributed by atoms with Gasteiger partial charge in [-0.2, -0.15) is 4.21 Å². The van der Waals surface area contributed by atoms with E-state index in [-0.39, 0.29) is 17.4 Å². The highest BCUT2D eigenvalue weighted by molar-refractivity contribution is 7.74. The Kier molecular flexibility index (Phi) is 4.80. The number of esters is 2. The van der Waals surface area contributed by atoms with Crippen LogP contribution in [0, 0.1) is 17.8 Å². The van der Waals surface area contributed by atoms with Gasteiger partial charge in [-0.3, -0.25) is 13.5 Å². The Bertz CT molecular complexity index is 489. The second kappa shape index (κ2) is 6.25. The van der Waals surface area contributed by atoms with E-state index >= 15 is 0 Å². The molecule has 6 unspecified atom stereocenters. The highest BCUT2D eigenvalue weighted by Gasteiger charge is 2.58. The van der Waals surface area contributed by atoms with Crippen molar-refractivity contribution in [2.24, 2.45) is 17.8 Å². The van der Waals surface area contributed by atoms with E-state index < -0.39 is 41.4 Å². The summed E-state index contributed by atoms with van der Waals surface area (Å²) in [5, 5.41) is 0. The number of ether oxygens (including phenoxy) is 2. The topological polar surface area (TPSA) is 99.1 Å². The molecule has 0 heterocycles. The van der Waals surface area contributed by atoms with Gasteiger partial charge >= 0.3 is 23.3 Å². The van der Waals surface area contributed by atoms with Crippen molar-refractivity contribution in [2.45, 2.75) is 32.0 Å². The van der Waals surface area contributed by atoms with E-state index in [9.17, 15) is 13.8 Å². The van der Waals surface area contributed by atoms with Crippen LogP contribution >= 0.6 is 0 Å². The summed E-state index contributed by atoms with van der Waals surface area (Å²) in [7, 11) is 1.25. The first-order valence-electron chi connectivity index (χ1n) is 6.57. The Morgan fingerprint density at radius 3 is 2.52 bits per heavy atom. The van der Waals surface area contributed by atoms with Gasteiger partial charge in [0.2, 0.25) is 0 Å². The van der Waals surface area contributed by atoms with E-state index in [0.29, 0.717) is 12.8 Å². The van der Waals surface area contributed by atoms with Crippen LogP contribution in [0.2, 0.25) is 0 Å². The van der Waals surface area contributed by atoms with Gasteiger partial charge < -0.3 is 9.47 Å². The summed E-state index contributed by atoms with van der Waals surface area (Å²) in [4.78, 5) is 23.5. The maximum atomic E-state index is 11.9. The third-order valence-corrected chi connectivity index (χ3v) is 4.53.